The summed E-state index contributed by atoms with van der Waals surface area (Å²) in [7, 11) is 0. The van der Waals surface area contributed by atoms with E-state index in [1.54, 1.807) is 12.1 Å². The minimum absolute atomic E-state index is 0.0304. The van der Waals surface area contributed by atoms with E-state index in [4.69, 9.17) is 4.98 Å². The Morgan fingerprint density at radius 2 is 1.96 bits per heavy atom. The summed E-state index contributed by atoms with van der Waals surface area (Å²) in [5.74, 6) is 0.805. The number of carbonyl (C=O) groups excluding carboxylic acids is 1. The Bertz CT molecular complexity index is 850. The number of nitrogens with one attached hydrogen (secondary N) is 1. The van der Waals surface area contributed by atoms with E-state index in [9.17, 15) is 9.18 Å². The quantitative estimate of drug-likeness (QED) is 0.849. The van der Waals surface area contributed by atoms with E-state index in [-0.39, 0.29) is 11.8 Å². The molecule has 0 spiro atoms. The van der Waals surface area contributed by atoms with Gasteiger partial charge in [0.2, 0.25) is 0 Å². The maximum Gasteiger partial charge on any atom is 0.317 e. The number of aromatic nitrogens is 1. The van der Waals surface area contributed by atoms with Crippen LogP contribution in [0.4, 0.5) is 14.9 Å². The maximum atomic E-state index is 13.3. The average molecular weight is 401 g/mol. The molecule has 3 heterocycles. The van der Waals surface area contributed by atoms with Gasteiger partial charge in [-0.2, -0.15) is 0 Å². The molecule has 1 aromatic heterocycles. The fraction of sp³-hybridized carbons (Fsp3) is 0.429. The number of aryl methyl sites for hydroxylation is 1. The summed E-state index contributed by atoms with van der Waals surface area (Å²) >= 11 is 1.86. The van der Waals surface area contributed by atoms with E-state index in [1.165, 1.54) is 22.7 Å². The van der Waals surface area contributed by atoms with Crippen molar-refractivity contribution in [3.05, 3.63) is 41.8 Å². The van der Waals surface area contributed by atoms with Gasteiger partial charge in [0.15, 0.2) is 0 Å². The maximum absolute atomic E-state index is 13.3. The van der Waals surface area contributed by atoms with Crippen molar-refractivity contribution in [1.82, 2.24) is 15.2 Å². The lowest BCUT2D eigenvalue weighted by Crippen LogP contribution is -2.52. The van der Waals surface area contributed by atoms with Gasteiger partial charge >= 0.3 is 6.03 Å². The number of thioether (sulfide) groups is 1. The number of piperazine rings is 1. The molecule has 1 N–H and O–H groups in total. The van der Waals surface area contributed by atoms with Crippen LogP contribution >= 0.6 is 11.8 Å². The van der Waals surface area contributed by atoms with Crippen LogP contribution in [0.1, 0.15) is 19.0 Å². The Hall–Kier alpha value is -2.28. The summed E-state index contributed by atoms with van der Waals surface area (Å²) < 4.78 is 13.3. The Kier molecular flexibility index (Phi) is 5.71. The van der Waals surface area contributed by atoms with Crippen molar-refractivity contribution in [1.29, 1.82) is 0 Å². The van der Waals surface area contributed by atoms with Crippen LogP contribution in [0.15, 0.2) is 35.2 Å². The molecule has 0 unspecified atom stereocenters. The van der Waals surface area contributed by atoms with Crippen molar-refractivity contribution >= 4 is 23.5 Å². The lowest BCUT2D eigenvalue weighted by Gasteiger charge is -2.37. The Labute approximate surface area is 169 Å². The first-order valence-electron chi connectivity index (χ1n) is 9.86. The van der Waals surface area contributed by atoms with E-state index in [0.717, 1.165) is 48.6 Å². The molecule has 4 rings (SSSR count). The van der Waals surface area contributed by atoms with Crippen LogP contribution in [-0.4, -0.2) is 54.4 Å². The third-order valence-electron chi connectivity index (χ3n) is 5.18. The molecule has 2 aromatic rings. The molecular weight excluding hydrogens is 375 g/mol. The number of pyridine rings is 1. The molecule has 0 atom stereocenters. The van der Waals surface area contributed by atoms with E-state index in [0.29, 0.717) is 19.6 Å². The van der Waals surface area contributed by atoms with Crippen molar-refractivity contribution in [3.8, 4) is 11.3 Å². The number of carbonyl (C=O) groups is 1. The summed E-state index contributed by atoms with van der Waals surface area (Å²) in [6.45, 7) is 5.80. The summed E-state index contributed by atoms with van der Waals surface area (Å²) in [5.41, 5.74) is 4.14. The highest BCUT2D eigenvalue weighted by atomic mass is 32.2. The standard InChI is InChI=1S/C21H25FN4OS/c1-2-8-23-21(27)26-11-9-25(10-12-26)19-14-18(15-3-5-16(22)6-4-15)24-17-7-13-28-20(17)19/h3-6,14H,2,7-13H2,1H3,(H,23,27). The third kappa shape index (κ3) is 3.94. The molecule has 2 aliphatic heterocycles. The van der Waals surface area contributed by atoms with E-state index in [1.807, 2.05) is 16.7 Å². The van der Waals surface area contributed by atoms with Crippen molar-refractivity contribution in [2.45, 2.75) is 24.7 Å². The minimum atomic E-state index is -0.238. The van der Waals surface area contributed by atoms with Crippen LogP contribution in [0.3, 0.4) is 0 Å². The van der Waals surface area contributed by atoms with Gasteiger partial charge in [-0.1, -0.05) is 6.92 Å². The lowest BCUT2D eigenvalue weighted by atomic mass is 10.1. The summed E-state index contributed by atoms with van der Waals surface area (Å²) in [4.78, 5) is 22.6. The van der Waals surface area contributed by atoms with E-state index in [2.05, 4.69) is 23.2 Å². The van der Waals surface area contributed by atoms with Gasteiger partial charge in [-0.25, -0.2) is 9.18 Å². The first-order chi connectivity index (χ1) is 13.7. The fourth-order valence-electron chi connectivity index (χ4n) is 3.65. The first-order valence-corrected chi connectivity index (χ1v) is 10.8. The van der Waals surface area contributed by atoms with Crippen molar-refractivity contribution in [2.24, 2.45) is 0 Å². The van der Waals surface area contributed by atoms with Crippen LogP contribution in [0, 0.1) is 5.82 Å². The number of hydrogen-bond donors (Lipinski definition) is 1. The zero-order valence-electron chi connectivity index (χ0n) is 16.1. The Morgan fingerprint density at radius 3 is 2.68 bits per heavy atom. The number of amides is 2. The summed E-state index contributed by atoms with van der Waals surface area (Å²) in [5, 5.41) is 2.96. The number of nitrogens with zero attached hydrogens (tertiary/aromatic N) is 3. The van der Waals surface area contributed by atoms with Gasteiger partial charge in [-0.15, -0.1) is 11.8 Å². The molecule has 5 nitrogen and oxygen atoms in total. The highest BCUT2D eigenvalue weighted by Crippen LogP contribution is 2.40. The van der Waals surface area contributed by atoms with Crippen LogP contribution in [0.2, 0.25) is 0 Å². The second kappa shape index (κ2) is 8.39. The smallest absolute Gasteiger partial charge is 0.317 e. The average Bonchev–Trinajstić information content (AvgIpc) is 3.20. The molecule has 1 fully saturated rings. The number of benzene rings is 1. The molecule has 2 aliphatic rings. The molecule has 1 aromatic carbocycles. The molecule has 0 bridgehead atoms. The van der Waals surface area contributed by atoms with Gasteiger partial charge in [0.25, 0.3) is 0 Å². The van der Waals surface area contributed by atoms with Crippen LogP contribution in [-0.2, 0) is 6.42 Å². The van der Waals surface area contributed by atoms with Gasteiger partial charge in [0.1, 0.15) is 5.82 Å². The van der Waals surface area contributed by atoms with Crippen molar-refractivity contribution in [3.63, 3.8) is 0 Å². The number of fused-ring (bicyclic) bond motifs is 1. The second-order valence-corrected chi connectivity index (χ2v) is 8.22. The number of anilines is 1. The fourth-order valence-corrected chi connectivity index (χ4v) is 4.80. The highest BCUT2D eigenvalue weighted by molar-refractivity contribution is 7.99. The normalized spacial score (nSPS) is 16.2. The monoisotopic (exact) mass is 400 g/mol. The molecule has 0 radical (unpaired) electrons. The van der Waals surface area contributed by atoms with Crippen molar-refractivity contribution in [2.75, 3.05) is 43.4 Å². The largest absolute Gasteiger partial charge is 0.367 e. The van der Waals surface area contributed by atoms with Crippen LogP contribution in [0.5, 0.6) is 0 Å². The van der Waals surface area contributed by atoms with Gasteiger partial charge in [-0.05, 0) is 36.8 Å². The SMILES string of the molecule is CCCNC(=O)N1CCN(c2cc(-c3ccc(F)cc3)nc3c2SCC3)CC1. The predicted molar refractivity (Wildman–Crippen MR) is 112 cm³/mol. The number of rotatable bonds is 4. The van der Waals surface area contributed by atoms with Crippen LogP contribution < -0.4 is 10.2 Å². The molecular formula is C21H25FN4OS. The van der Waals surface area contributed by atoms with E-state index < -0.39 is 0 Å². The number of halogens is 1. The van der Waals surface area contributed by atoms with Gasteiger partial charge < -0.3 is 15.1 Å². The number of urea groups is 1. The third-order valence-corrected chi connectivity index (χ3v) is 6.32. The Morgan fingerprint density at radius 1 is 1.21 bits per heavy atom. The van der Waals surface area contributed by atoms with Gasteiger partial charge in [-0.3, -0.25) is 4.98 Å². The summed E-state index contributed by atoms with van der Waals surface area (Å²) in [6.07, 6.45) is 1.90. The first kappa shape index (κ1) is 19.1. The number of hydrogen-bond acceptors (Lipinski definition) is 4. The lowest BCUT2D eigenvalue weighted by molar-refractivity contribution is 0.194. The van der Waals surface area contributed by atoms with Crippen molar-refractivity contribution < 1.29 is 9.18 Å². The minimum Gasteiger partial charge on any atom is -0.367 e. The summed E-state index contributed by atoms with van der Waals surface area (Å²) in [6, 6.07) is 8.68. The molecule has 0 aliphatic carbocycles. The molecule has 7 heteroatoms. The molecule has 0 saturated carbocycles. The highest BCUT2D eigenvalue weighted by Gasteiger charge is 2.26. The molecule has 2 amide bonds. The van der Waals surface area contributed by atoms with Crippen LogP contribution in [0.25, 0.3) is 11.3 Å². The predicted octanol–water partition coefficient (Wildman–Crippen LogP) is 3.78. The zero-order valence-corrected chi connectivity index (χ0v) is 16.9. The van der Waals surface area contributed by atoms with E-state index >= 15 is 0 Å². The molecule has 28 heavy (non-hydrogen) atoms. The van der Waals surface area contributed by atoms with Gasteiger partial charge in [0.05, 0.1) is 22.0 Å². The Balaban J connectivity index is 1.55. The molecule has 1 saturated heterocycles. The topological polar surface area (TPSA) is 48.5 Å². The van der Waals surface area contributed by atoms with Gasteiger partial charge in [0, 0.05) is 50.5 Å². The zero-order chi connectivity index (χ0) is 19.5. The molecule has 148 valence electrons. The second-order valence-electron chi connectivity index (χ2n) is 7.11.